The van der Waals surface area contributed by atoms with Crippen LogP contribution in [0.3, 0.4) is 0 Å². The highest BCUT2D eigenvalue weighted by Crippen LogP contribution is 2.05. The average molecular weight is 330 g/mol. The van der Waals surface area contributed by atoms with Crippen molar-refractivity contribution >= 4 is 22.7 Å². The highest BCUT2D eigenvalue weighted by molar-refractivity contribution is 5.85. The van der Waals surface area contributed by atoms with Gasteiger partial charge in [-0.3, -0.25) is 19.0 Å². The molecule has 0 radical (unpaired) electrons. The summed E-state index contributed by atoms with van der Waals surface area (Å²) in [5.41, 5.74) is -0.0502. The minimum atomic E-state index is -0.361. The molecule has 7 nitrogen and oxygen atoms in total. The second-order valence-corrected chi connectivity index (χ2v) is 6.74. The molecule has 0 saturated heterocycles. The van der Waals surface area contributed by atoms with E-state index in [1.807, 2.05) is 20.8 Å². The lowest BCUT2D eigenvalue weighted by molar-refractivity contribution is -0.135. The number of nitrogens with one attached hydrogen (secondary N) is 1. The van der Waals surface area contributed by atoms with E-state index in [0.717, 1.165) is 0 Å². The van der Waals surface area contributed by atoms with Crippen molar-refractivity contribution in [3.05, 3.63) is 40.9 Å². The topological polar surface area (TPSA) is 84.3 Å². The van der Waals surface area contributed by atoms with E-state index in [4.69, 9.17) is 0 Å². The van der Waals surface area contributed by atoms with Gasteiger partial charge < -0.3 is 10.2 Å². The Hall–Kier alpha value is -2.70. The molecule has 0 aliphatic carbocycles. The zero-order chi connectivity index (χ0) is 17.9. The number of carbonyl (C=O) groups is 2. The number of amides is 2. The van der Waals surface area contributed by atoms with Gasteiger partial charge in [0.2, 0.25) is 11.8 Å². The lowest BCUT2D eigenvalue weighted by Gasteiger charge is -2.23. The maximum atomic E-state index is 12.4. The van der Waals surface area contributed by atoms with Crippen molar-refractivity contribution in [3.8, 4) is 0 Å². The van der Waals surface area contributed by atoms with Gasteiger partial charge in [0.15, 0.2) is 0 Å². The van der Waals surface area contributed by atoms with Crippen LogP contribution in [0.2, 0.25) is 0 Å². The molecule has 7 heteroatoms. The van der Waals surface area contributed by atoms with Crippen molar-refractivity contribution in [2.75, 3.05) is 13.6 Å². The summed E-state index contributed by atoms with van der Waals surface area (Å²) in [6.07, 6.45) is 1.35. The highest BCUT2D eigenvalue weighted by Gasteiger charge is 2.18. The van der Waals surface area contributed by atoms with Gasteiger partial charge in [0.05, 0.1) is 23.8 Å². The van der Waals surface area contributed by atoms with E-state index < -0.39 is 0 Å². The summed E-state index contributed by atoms with van der Waals surface area (Å²) in [4.78, 5) is 42.0. The van der Waals surface area contributed by atoms with Crippen molar-refractivity contribution < 1.29 is 9.59 Å². The van der Waals surface area contributed by atoms with Gasteiger partial charge in [-0.15, -0.1) is 0 Å². The molecule has 24 heavy (non-hydrogen) atoms. The van der Waals surface area contributed by atoms with Gasteiger partial charge in [-0.25, -0.2) is 4.98 Å². The molecule has 0 aliphatic rings. The molecule has 2 amide bonds. The number of aromatic nitrogens is 2. The molecular formula is C17H22N4O3. The Morgan fingerprint density at radius 2 is 1.92 bits per heavy atom. The third-order valence-electron chi connectivity index (χ3n) is 3.36. The van der Waals surface area contributed by atoms with Crippen molar-refractivity contribution in [2.24, 2.45) is 0 Å². The molecule has 0 aliphatic heterocycles. The number of likely N-dealkylation sites (N-methyl/N-ethyl adjacent to an activating group) is 1. The van der Waals surface area contributed by atoms with Gasteiger partial charge in [-0.05, 0) is 32.9 Å². The maximum absolute atomic E-state index is 12.4. The first-order valence-corrected chi connectivity index (χ1v) is 7.66. The molecule has 1 heterocycles. The van der Waals surface area contributed by atoms with Crippen LogP contribution in [0.15, 0.2) is 35.4 Å². The second kappa shape index (κ2) is 6.82. The fraction of sp³-hybridized carbons (Fsp3) is 0.412. The van der Waals surface area contributed by atoms with E-state index in [9.17, 15) is 14.4 Å². The Bertz CT molecular complexity index is 820. The van der Waals surface area contributed by atoms with Crippen molar-refractivity contribution in [1.82, 2.24) is 19.8 Å². The van der Waals surface area contributed by atoms with Crippen LogP contribution < -0.4 is 10.9 Å². The van der Waals surface area contributed by atoms with Gasteiger partial charge in [0, 0.05) is 12.6 Å². The number of rotatable bonds is 4. The Morgan fingerprint density at radius 1 is 1.25 bits per heavy atom. The van der Waals surface area contributed by atoms with Crippen LogP contribution in [-0.2, 0) is 16.1 Å². The summed E-state index contributed by atoms with van der Waals surface area (Å²) in [7, 11) is 1.53. The summed E-state index contributed by atoms with van der Waals surface area (Å²) in [6, 6.07) is 6.96. The third kappa shape index (κ3) is 4.41. The SMILES string of the molecule is CN(CC(=O)NC(C)(C)C)C(=O)Cn1cnc2ccccc2c1=O. The second-order valence-electron chi connectivity index (χ2n) is 6.74. The fourth-order valence-electron chi connectivity index (χ4n) is 2.25. The van der Waals surface area contributed by atoms with Gasteiger partial charge >= 0.3 is 0 Å². The lowest BCUT2D eigenvalue weighted by atomic mass is 10.1. The summed E-state index contributed by atoms with van der Waals surface area (Å²) >= 11 is 0. The summed E-state index contributed by atoms with van der Waals surface area (Å²) in [5.74, 6) is -0.583. The quantitative estimate of drug-likeness (QED) is 0.897. The molecule has 1 aromatic heterocycles. The smallest absolute Gasteiger partial charge is 0.261 e. The third-order valence-corrected chi connectivity index (χ3v) is 3.36. The van der Waals surface area contributed by atoms with Crippen molar-refractivity contribution in [3.63, 3.8) is 0 Å². The average Bonchev–Trinajstić information content (AvgIpc) is 2.48. The van der Waals surface area contributed by atoms with Crippen molar-refractivity contribution in [1.29, 1.82) is 0 Å². The molecule has 2 aromatic rings. The molecule has 0 atom stereocenters. The fourth-order valence-corrected chi connectivity index (χ4v) is 2.25. The Labute approximate surface area is 140 Å². The maximum Gasteiger partial charge on any atom is 0.261 e. The standard InChI is InChI=1S/C17H22N4O3/c1-17(2,3)19-14(22)9-20(4)15(23)10-21-11-18-13-8-6-5-7-12(13)16(21)24/h5-8,11H,9-10H2,1-4H3,(H,19,22). The minimum absolute atomic E-state index is 0.0636. The van der Waals surface area contributed by atoms with Crippen LogP contribution >= 0.6 is 0 Å². The van der Waals surface area contributed by atoms with E-state index in [1.54, 1.807) is 24.3 Å². The first-order chi connectivity index (χ1) is 11.2. The van der Waals surface area contributed by atoms with E-state index >= 15 is 0 Å². The molecule has 1 aromatic carbocycles. The molecular weight excluding hydrogens is 308 g/mol. The Morgan fingerprint density at radius 3 is 2.58 bits per heavy atom. The number of hydrogen-bond acceptors (Lipinski definition) is 4. The molecule has 0 spiro atoms. The van der Waals surface area contributed by atoms with Crippen LogP contribution in [0.25, 0.3) is 10.9 Å². The Balaban J connectivity index is 2.08. The predicted molar refractivity (Wildman–Crippen MR) is 91.5 cm³/mol. The van der Waals surface area contributed by atoms with Gasteiger partial charge in [-0.1, -0.05) is 12.1 Å². The van der Waals surface area contributed by atoms with E-state index in [0.29, 0.717) is 10.9 Å². The lowest BCUT2D eigenvalue weighted by Crippen LogP contribution is -2.47. The summed E-state index contributed by atoms with van der Waals surface area (Å²) in [6.45, 7) is 5.38. The zero-order valence-electron chi connectivity index (χ0n) is 14.4. The van der Waals surface area contributed by atoms with E-state index in [1.165, 1.54) is 22.8 Å². The number of fused-ring (bicyclic) bond motifs is 1. The summed E-state index contributed by atoms with van der Waals surface area (Å²) < 4.78 is 1.25. The van der Waals surface area contributed by atoms with Crippen molar-refractivity contribution in [2.45, 2.75) is 32.9 Å². The van der Waals surface area contributed by atoms with Gasteiger partial charge in [0.1, 0.15) is 6.54 Å². The van der Waals surface area contributed by atoms with Crippen LogP contribution in [0, 0.1) is 0 Å². The van der Waals surface area contributed by atoms with Crippen LogP contribution in [0.1, 0.15) is 20.8 Å². The molecule has 2 rings (SSSR count). The number of para-hydroxylation sites is 1. The molecule has 1 N–H and O–H groups in total. The van der Waals surface area contributed by atoms with Gasteiger partial charge in [0.25, 0.3) is 5.56 Å². The number of carbonyl (C=O) groups excluding carboxylic acids is 2. The largest absolute Gasteiger partial charge is 0.350 e. The predicted octanol–water partition coefficient (Wildman–Crippen LogP) is 0.770. The van der Waals surface area contributed by atoms with E-state index in [2.05, 4.69) is 10.3 Å². The zero-order valence-corrected chi connectivity index (χ0v) is 14.4. The first kappa shape index (κ1) is 17.7. The molecule has 0 fully saturated rings. The normalized spacial score (nSPS) is 11.3. The first-order valence-electron chi connectivity index (χ1n) is 7.66. The molecule has 0 bridgehead atoms. The minimum Gasteiger partial charge on any atom is -0.350 e. The Kier molecular flexibility index (Phi) is 5.02. The monoisotopic (exact) mass is 330 g/mol. The van der Waals surface area contributed by atoms with Crippen LogP contribution in [-0.4, -0.2) is 45.4 Å². The number of nitrogens with zero attached hydrogens (tertiary/aromatic N) is 3. The van der Waals surface area contributed by atoms with Crippen LogP contribution in [0.5, 0.6) is 0 Å². The van der Waals surface area contributed by atoms with Crippen LogP contribution in [0.4, 0.5) is 0 Å². The number of hydrogen-bond donors (Lipinski definition) is 1. The molecule has 128 valence electrons. The van der Waals surface area contributed by atoms with E-state index in [-0.39, 0.29) is 36.0 Å². The van der Waals surface area contributed by atoms with Gasteiger partial charge in [-0.2, -0.15) is 0 Å². The molecule has 0 unspecified atom stereocenters. The molecule has 0 saturated carbocycles. The summed E-state index contributed by atoms with van der Waals surface area (Å²) in [5, 5.41) is 3.25. The highest BCUT2D eigenvalue weighted by atomic mass is 16.2. The number of benzene rings is 1.